The molecular weight excluding hydrogens is 252 g/mol. The van der Waals surface area contributed by atoms with Gasteiger partial charge in [0.25, 0.3) is 5.91 Å². The number of hydrogen-bond acceptors (Lipinski definition) is 3. The molecule has 0 radical (unpaired) electrons. The minimum absolute atomic E-state index is 0.279. The topological polar surface area (TPSA) is 72.9 Å². The van der Waals surface area contributed by atoms with Crippen molar-refractivity contribution in [2.75, 3.05) is 6.54 Å². The highest BCUT2D eigenvalue weighted by atomic mass is 16.1. The third-order valence-corrected chi connectivity index (χ3v) is 3.20. The van der Waals surface area contributed by atoms with Gasteiger partial charge >= 0.3 is 0 Å². The SMILES string of the molecule is CCCNC(C)c1cccc(-n2cc(C(N)=O)cn2)c1. The lowest BCUT2D eigenvalue weighted by Crippen LogP contribution is -2.19. The summed E-state index contributed by atoms with van der Waals surface area (Å²) in [5.74, 6) is -0.467. The molecule has 1 aromatic heterocycles. The number of nitrogens with one attached hydrogen (secondary N) is 1. The van der Waals surface area contributed by atoms with E-state index < -0.39 is 5.91 Å². The average molecular weight is 272 g/mol. The second-order valence-corrected chi connectivity index (χ2v) is 4.81. The predicted molar refractivity (Wildman–Crippen MR) is 78.8 cm³/mol. The first-order chi connectivity index (χ1) is 9.61. The Balaban J connectivity index is 2.22. The molecule has 1 amide bonds. The Morgan fingerprint density at radius 1 is 1.50 bits per heavy atom. The van der Waals surface area contributed by atoms with Crippen LogP contribution in [0.5, 0.6) is 0 Å². The van der Waals surface area contributed by atoms with Crippen molar-refractivity contribution in [1.29, 1.82) is 0 Å². The van der Waals surface area contributed by atoms with Crippen LogP contribution < -0.4 is 11.1 Å². The van der Waals surface area contributed by atoms with Gasteiger partial charge in [0, 0.05) is 12.2 Å². The Labute approximate surface area is 118 Å². The number of nitrogens with zero attached hydrogens (tertiary/aromatic N) is 2. The highest BCUT2D eigenvalue weighted by Gasteiger charge is 2.08. The Morgan fingerprint density at radius 2 is 2.30 bits per heavy atom. The molecule has 0 spiro atoms. The number of nitrogens with two attached hydrogens (primary N) is 1. The highest BCUT2D eigenvalue weighted by Crippen LogP contribution is 2.17. The first-order valence-corrected chi connectivity index (χ1v) is 6.80. The summed E-state index contributed by atoms with van der Waals surface area (Å²) in [5, 5.41) is 7.61. The zero-order valence-electron chi connectivity index (χ0n) is 11.8. The van der Waals surface area contributed by atoms with E-state index in [0.717, 1.165) is 18.7 Å². The molecule has 1 atom stereocenters. The van der Waals surface area contributed by atoms with E-state index in [1.54, 1.807) is 10.9 Å². The molecule has 106 valence electrons. The third kappa shape index (κ3) is 3.24. The van der Waals surface area contributed by atoms with Gasteiger partial charge in [0.2, 0.25) is 0 Å². The lowest BCUT2D eigenvalue weighted by Gasteiger charge is -2.14. The monoisotopic (exact) mass is 272 g/mol. The number of carbonyl (C=O) groups excluding carboxylic acids is 1. The Morgan fingerprint density at radius 3 is 2.95 bits per heavy atom. The largest absolute Gasteiger partial charge is 0.366 e. The number of rotatable bonds is 6. The van der Waals surface area contributed by atoms with Gasteiger partial charge in [0.05, 0.1) is 17.4 Å². The smallest absolute Gasteiger partial charge is 0.251 e. The molecule has 1 unspecified atom stereocenters. The van der Waals surface area contributed by atoms with E-state index in [1.807, 2.05) is 12.1 Å². The fraction of sp³-hybridized carbons (Fsp3) is 0.333. The van der Waals surface area contributed by atoms with E-state index >= 15 is 0 Å². The maximum absolute atomic E-state index is 11.1. The number of benzene rings is 1. The van der Waals surface area contributed by atoms with Crippen molar-refractivity contribution in [3.8, 4) is 5.69 Å². The van der Waals surface area contributed by atoms with Crippen molar-refractivity contribution in [2.45, 2.75) is 26.3 Å². The molecule has 0 aliphatic rings. The summed E-state index contributed by atoms with van der Waals surface area (Å²) in [6, 6.07) is 8.36. The van der Waals surface area contributed by atoms with Crippen LogP contribution >= 0.6 is 0 Å². The van der Waals surface area contributed by atoms with Crippen molar-refractivity contribution in [1.82, 2.24) is 15.1 Å². The van der Waals surface area contributed by atoms with Crippen LogP contribution in [0.2, 0.25) is 0 Å². The maximum Gasteiger partial charge on any atom is 0.251 e. The number of primary amides is 1. The quantitative estimate of drug-likeness (QED) is 0.845. The third-order valence-electron chi connectivity index (χ3n) is 3.20. The first-order valence-electron chi connectivity index (χ1n) is 6.80. The van der Waals surface area contributed by atoms with Gasteiger partial charge in [0.1, 0.15) is 0 Å². The van der Waals surface area contributed by atoms with E-state index in [9.17, 15) is 4.79 Å². The van der Waals surface area contributed by atoms with Crippen LogP contribution in [0.1, 0.15) is 42.2 Å². The molecule has 20 heavy (non-hydrogen) atoms. The van der Waals surface area contributed by atoms with Crippen LogP contribution in [0, 0.1) is 0 Å². The Hall–Kier alpha value is -2.14. The molecule has 3 N–H and O–H groups in total. The van der Waals surface area contributed by atoms with Crippen LogP contribution in [0.15, 0.2) is 36.7 Å². The summed E-state index contributed by atoms with van der Waals surface area (Å²) in [4.78, 5) is 11.1. The summed E-state index contributed by atoms with van der Waals surface area (Å²) >= 11 is 0. The number of carbonyl (C=O) groups is 1. The standard InChI is InChI=1S/C15H20N4O/c1-3-7-17-11(2)12-5-4-6-14(8-12)19-10-13(9-18-19)15(16)20/h4-6,8-11,17H,3,7H2,1-2H3,(H2,16,20). The van der Waals surface area contributed by atoms with E-state index in [-0.39, 0.29) is 6.04 Å². The second-order valence-electron chi connectivity index (χ2n) is 4.81. The molecule has 5 heteroatoms. The number of aromatic nitrogens is 2. The van der Waals surface area contributed by atoms with E-state index in [2.05, 4.69) is 36.4 Å². The van der Waals surface area contributed by atoms with Crippen LogP contribution in [-0.2, 0) is 0 Å². The zero-order chi connectivity index (χ0) is 14.5. The minimum Gasteiger partial charge on any atom is -0.366 e. The minimum atomic E-state index is -0.467. The van der Waals surface area contributed by atoms with Gasteiger partial charge < -0.3 is 11.1 Å². The normalized spacial score (nSPS) is 12.3. The lowest BCUT2D eigenvalue weighted by atomic mass is 10.1. The number of hydrogen-bond donors (Lipinski definition) is 2. The fourth-order valence-corrected chi connectivity index (χ4v) is 2.01. The number of amides is 1. The van der Waals surface area contributed by atoms with E-state index in [4.69, 9.17) is 5.73 Å². The van der Waals surface area contributed by atoms with Crippen LogP contribution in [0.3, 0.4) is 0 Å². The molecule has 0 saturated carbocycles. The van der Waals surface area contributed by atoms with Crippen LogP contribution in [0.25, 0.3) is 5.69 Å². The highest BCUT2D eigenvalue weighted by molar-refractivity contribution is 5.92. The summed E-state index contributed by atoms with van der Waals surface area (Å²) < 4.78 is 1.66. The van der Waals surface area contributed by atoms with Crippen molar-refractivity contribution in [3.63, 3.8) is 0 Å². The first kappa shape index (κ1) is 14.3. The van der Waals surface area contributed by atoms with Gasteiger partial charge in [-0.1, -0.05) is 19.1 Å². The van der Waals surface area contributed by atoms with E-state index in [1.165, 1.54) is 11.8 Å². The van der Waals surface area contributed by atoms with Gasteiger partial charge in [-0.15, -0.1) is 0 Å². The summed E-state index contributed by atoms with van der Waals surface area (Å²) in [5.41, 5.74) is 7.75. The van der Waals surface area contributed by atoms with Gasteiger partial charge in [-0.3, -0.25) is 4.79 Å². The zero-order valence-corrected chi connectivity index (χ0v) is 11.8. The van der Waals surface area contributed by atoms with Crippen molar-refractivity contribution in [3.05, 3.63) is 47.8 Å². The van der Waals surface area contributed by atoms with Crippen molar-refractivity contribution < 1.29 is 4.79 Å². The lowest BCUT2D eigenvalue weighted by molar-refractivity contribution is 0.100. The summed E-state index contributed by atoms with van der Waals surface area (Å²) in [6.07, 6.45) is 4.23. The Kier molecular flexibility index (Phi) is 4.53. The van der Waals surface area contributed by atoms with E-state index in [0.29, 0.717) is 5.56 Å². The van der Waals surface area contributed by atoms with Gasteiger partial charge in [0.15, 0.2) is 0 Å². The van der Waals surface area contributed by atoms with Gasteiger partial charge in [-0.05, 0) is 37.6 Å². The molecule has 1 heterocycles. The fourth-order valence-electron chi connectivity index (χ4n) is 2.01. The van der Waals surface area contributed by atoms with Crippen LogP contribution in [-0.4, -0.2) is 22.2 Å². The second kappa shape index (κ2) is 6.34. The predicted octanol–water partition coefficient (Wildman–Crippen LogP) is 2.03. The Bertz CT molecular complexity index is 591. The average Bonchev–Trinajstić information content (AvgIpc) is 2.95. The van der Waals surface area contributed by atoms with Crippen molar-refractivity contribution in [2.24, 2.45) is 5.73 Å². The molecule has 0 fully saturated rings. The molecule has 1 aromatic carbocycles. The molecular formula is C15H20N4O. The van der Waals surface area contributed by atoms with Gasteiger partial charge in [-0.25, -0.2) is 4.68 Å². The molecule has 5 nitrogen and oxygen atoms in total. The van der Waals surface area contributed by atoms with Gasteiger partial charge in [-0.2, -0.15) is 5.10 Å². The van der Waals surface area contributed by atoms with Crippen LogP contribution in [0.4, 0.5) is 0 Å². The molecule has 0 saturated heterocycles. The molecule has 0 aliphatic carbocycles. The summed E-state index contributed by atoms with van der Waals surface area (Å²) in [6.45, 7) is 5.26. The molecule has 2 rings (SSSR count). The van der Waals surface area contributed by atoms with Crippen molar-refractivity contribution >= 4 is 5.91 Å². The maximum atomic E-state index is 11.1. The molecule has 0 bridgehead atoms. The molecule has 2 aromatic rings. The molecule has 0 aliphatic heterocycles. The summed E-state index contributed by atoms with van der Waals surface area (Å²) in [7, 11) is 0.